The van der Waals surface area contributed by atoms with Gasteiger partial charge in [-0.15, -0.1) is 11.3 Å². The second-order valence-electron chi connectivity index (χ2n) is 4.48. The normalized spacial score (nSPS) is 10.4. The van der Waals surface area contributed by atoms with Crippen LogP contribution in [0.4, 0.5) is 17.1 Å². The predicted molar refractivity (Wildman–Crippen MR) is 86.1 cm³/mol. The minimum absolute atomic E-state index is 0.0735. The molecule has 0 bridgehead atoms. The van der Waals surface area contributed by atoms with Crippen molar-refractivity contribution >= 4 is 28.4 Å². The number of hydrogen-bond acceptors (Lipinski definition) is 6. The van der Waals surface area contributed by atoms with E-state index in [4.69, 9.17) is 0 Å². The van der Waals surface area contributed by atoms with Gasteiger partial charge in [-0.2, -0.15) is 0 Å². The van der Waals surface area contributed by atoms with Gasteiger partial charge in [0.15, 0.2) is 0 Å². The minimum Gasteiger partial charge on any atom is -0.385 e. The van der Waals surface area contributed by atoms with E-state index < -0.39 is 0 Å². The van der Waals surface area contributed by atoms with Gasteiger partial charge in [-0.1, -0.05) is 6.92 Å². The molecule has 0 aliphatic carbocycles. The molecule has 1 aromatic carbocycles. The molecule has 0 fully saturated rings. The fraction of sp³-hybridized carbons (Fsp3) is 0.357. The van der Waals surface area contributed by atoms with E-state index in [1.165, 1.54) is 17.0 Å². The van der Waals surface area contributed by atoms with E-state index in [-0.39, 0.29) is 10.6 Å². The lowest BCUT2D eigenvalue weighted by Gasteiger charge is -2.08. The van der Waals surface area contributed by atoms with Gasteiger partial charge < -0.3 is 10.6 Å². The largest absolute Gasteiger partial charge is 0.385 e. The molecule has 0 spiro atoms. The first-order valence-electron chi connectivity index (χ1n) is 6.83. The lowest BCUT2D eigenvalue weighted by atomic mass is 10.2. The van der Waals surface area contributed by atoms with Gasteiger partial charge in [-0.25, -0.2) is 4.98 Å². The highest BCUT2D eigenvalue weighted by molar-refractivity contribution is 7.11. The summed E-state index contributed by atoms with van der Waals surface area (Å²) in [7, 11) is 0. The summed E-state index contributed by atoms with van der Waals surface area (Å²) in [5, 5.41) is 18.2. The Morgan fingerprint density at radius 3 is 2.52 bits per heavy atom. The fourth-order valence-corrected chi connectivity index (χ4v) is 2.70. The Bertz CT molecular complexity index is 627. The summed E-state index contributed by atoms with van der Waals surface area (Å²) in [5.74, 6) is 0. The number of nitrogens with one attached hydrogen (secondary N) is 2. The Morgan fingerprint density at radius 2 is 1.95 bits per heavy atom. The Hall–Kier alpha value is -2.15. The summed E-state index contributed by atoms with van der Waals surface area (Å²) >= 11 is 1.65. The van der Waals surface area contributed by atoms with Crippen LogP contribution >= 0.6 is 11.3 Å². The monoisotopic (exact) mass is 306 g/mol. The van der Waals surface area contributed by atoms with Crippen molar-refractivity contribution in [2.45, 2.75) is 26.8 Å². The lowest BCUT2D eigenvalue weighted by Crippen LogP contribution is -2.02. The van der Waals surface area contributed by atoms with Gasteiger partial charge in [0.25, 0.3) is 5.69 Å². The summed E-state index contributed by atoms with van der Waals surface area (Å²) in [6, 6.07) is 4.94. The van der Waals surface area contributed by atoms with Crippen LogP contribution in [0.2, 0.25) is 0 Å². The molecule has 0 atom stereocenters. The van der Waals surface area contributed by atoms with Gasteiger partial charge in [-0.05, 0) is 19.4 Å². The van der Waals surface area contributed by atoms with Crippen molar-refractivity contribution in [3.05, 3.63) is 44.4 Å². The molecule has 2 aromatic rings. The molecule has 1 heterocycles. The molecule has 0 saturated carbocycles. The van der Waals surface area contributed by atoms with E-state index in [0.717, 1.165) is 17.1 Å². The van der Waals surface area contributed by atoms with Crippen LogP contribution in [0.1, 0.15) is 23.7 Å². The van der Waals surface area contributed by atoms with Gasteiger partial charge in [0.05, 0.1) is 11.5 Å². The molecule has 2 N–H and O–H groups in total. The standard InChI is InChI=1S/C14H18N4O2S/c1-3-13-8-17-14(21-13)9-16-11-5-10(15-4-2)6-12(7-11)18(19)20/h5-8,15-16H,3-4,9H2,1-2H3. The summed E-state index contributed by atoms with van der Waals surface area (Å²) in [5.41, 5.74) is 1.53. The third-order valence-corrected chi connectivity index (χ3v) is 4.04. The number of hydrogen-bond donors (Lipinski definition) is 2. The maximum absolute atomic E-state index is 11.0. The molecule has 21 heavy (non-hydrogen) atoms. The first-order valence-corrected chi connectivity index (χ1v) is 7.64. The first-order chi connectivity index (χ1) is 10.1. The van der Waals surface area contributed by atoms with Crippen molar-refractivity contribution in [1.82, 2.24) is 4.98 Å². The molecule has 0 aliphatic heterocycles. The number of non-ortho nitro benzene ring substituents is 1. The van der Waals surface area contributed by atoms with E-state index in [1.807, 2.05) is 19.2 Å². The second-order valence-corrected chi connectivity index (χ2v) is 5.68. The van der Waals surface area contributed by atoms with Crippen LogP contribution in [0.3, 0.4) is 0 Å². The zero-order valence-corrected chi connectivity index (χ0v) is 12.9. The molecule has 6 nitrogen and oxygen atoms in total. The number of rotatable bonds is 7. The van der Waals surface area contributed by atoms with E-state index in [1.54, 1.807) is 11.3 Å². The lowest BCUT2D eigenvalue weighted by molar-refractivity contribution is -0.384. The number of aromatic nitrogens is 1. The Morgan fingerprint density at radius 1 is 1.24 bits per heavy atom. The number of benzene rings is 1. The fourth-order valence-electron chi connectivity index (χ4n) is 1.90. The Kier molecular flexibility index (Phi) is 5.10. The number of anilines is 2. The summed E-state index contributed by atoms with van der Waals surface area (Å²) in [6.45, 7) is 5.33. The van der Waals surface area contributed by atoms with Gasteiger partial charge in [0.2, 0.25) is 0 Å². The zero-order chi connectivity index (χ0) is 15.2. The van der Waals surface area contributed by atoms with Crippen molar-refractivity contribution in [1.29, 1.82) is 0 Å². The molecule has 0 aliphatic rings. The van der Waals surface area contributed by atoms with Crippen molar-refractivity contribution in [3.8, 4) is 0 Å². The van der Waals surface area contributed by atoms with Crippen LogP contribution < -0.4 is 10.6 Å². The second kappa shape index (κ2) is 7.03. The smallest absolute Gasteiger partial charge is 0.273 e. The van der Waals surface area contributed by atoms with Gasteiger partial charge >= 0.3 is 0 Å². The molecular formula is C14H18N4O2S. The number of nitrogens with zero attached hydrogens (tertiary/aromatic N) is 2. The van der Waals surface area contributed by atoms with Crippen molar-refractivity contribution in [2.24, 2.45) is 0 Å². The van der Waals surface area contributed by atoms with E-state index in [2.05, 4.69) is 22.5 Å². The Balaban J connectivity index is 2.12. The van der Waals surface area contributed by atoms with E-state index >= 15 is 0 Å². The average molecular weight is 306 g/mol. The third-order valence-electron chi connectivity index (χ3n) is 2.90. The molecular weight excluding hydrogens is 288 g/mol. The number of nitro groups is 1. The maximum Gasteiger partial charge on any atom is 0.273 e. The van der Waals surface area contributed by atoms with Gasteiger partial charge in [-0.3, -0.25) is 10.1 Å². The average Bonchev–Trinajstić information content (AvgIpc) is 2.93. The first kappa shape index (κ1) is 15.2. The molecule has 2 rings (SSSR count). The molecule has 112 valence electrons. The van der Waals surface area contributed by atoms with Gasteiger partial charge in [0.1, 0.15) is 5.01 Å². The minimum atomic E-state index is -0.384. The van der Waals surface area contributed by atoms with Crippen LogP contribution in [0.5, 0.6) is 0 Å². The molecule has 0 radical (unpaired) electrons. The summed E-state index contributed by atoms with van der Waals surface area (Å²) in [4.78, 5) is 16.1. The molecule has 7 heteroatoms. The topological polar surface area (TPSA) is 80.1 Å². The van der Waals surface area contributed by atoms with Crippen molar-refractivity contribution in [3.63, 3.8) is 0 Å². The molecule has 0 unspecified atom stereocenters. The van der Waals surface area contributed by atoms with Crippen molar-refractivity contribution in [2.75, 3.05) is 17.2 Å². The van der Waals surface area contributed by atoms with E-state index in [0.29, 0.717) is 18.8 Å². The maximum atomic E-state index is 11.0. The number of nitro benzene ring substituents is 1. The summed E-state index contributed by atoms with van der Waals surface area (Å²) in [6.07, 6.45) is 2.85. The van der Waals surface area contributed by atoms with Gasteiger partial charge in [0, 0.05) is 41.1 Å². The van der Waals surface area contributed by atoms with Crippen LogP contribution in [-0.2, 0) is 13.0 Å². The highest BCUT2D eigenvalue weighted by Gasteiger charge is 2.10. The van der Waals surface area contributed by atoms with Crippen LogP contribution in [0, 0.1) is 10.1 Å². The van der Waals surface area contributed by atoms with Crippen molar-refractivity contribution < 1.29 is 4.92 Å². The molecule has 0 amide bonds. The predicted octanol–water partition coefficient (Wildman–Crippen LogP) is 3.66. The molecule has 0 saturated heterocycles. The summed E-state index contributed by atoms with van der Waals surface area (Å²) < 4.78 is 0. The highest BCUT2D eigenvalue weighted by atomic mass is 32.1. The van der Waals surface area contributed by atoms with Crippen LogP contribution in [0.25, 0.3) is 0 Å². The van der Waals surface area contributed by atoms with Crippen LogP contribution in [0.15, 0.2) is 24.4 Å². The van der Waals surface area contributed by atoms with Crippen LogP contribution in [-0.4, -0.2) is 16.5 Å². The SMILES string of the molecule is CCNc1cc(NCc2ncc(CC)s2)cc([N+](=O)[O-])c1. The third kappa shape index (κ3) is 4.16. The number of aryl methyl sites for hydroxylation is 1. The number of thiazole rings is 1. The van der Waals surface area contributed by atoms with E-state index in [9.17, 15) is 10.1 Å². The quantitative estimate of drug-likeness (QED) is 0.603. The highest BCUT2D eigenvalue weighted by Crippen LogP contribution is 2.25. The zero-order valence-electron chi connectivity index (χ0n) is 12.0. The molecule has 1 aromatic heterocycles. The Labute approximate surface area is 127 Å².